The summed E-state index contributed by atoms with van der Waals surface area (Å²) in [4.78, 5) is 0. The van der Waals surface area contributed by atoms with Crippen LogP contribution in [0, 0.1) is 5.82 Å². The fraction of sp³-hybridized carbons (Fsp3) is 0.400. The van der Waals surface area contributed by atoms with Gasteiger partial charge in [0.15, 0.2) is 0 Å². The number of ether oxygens (including phenoxy) is 1. The van der Waals surface area contributed by atoms with Crippen molar-refractivity contribution in [2.75, 3.05) is 19.0 Å². The molecule has 1 aliphatic heterocycles. The van der Waals surface area contributed by atoms with Gasteiger partial charge in [0, 0.05) is 24.9 Å². The number of fused-ring (bicyclic) bond motifs is 1. The standard InChI is InChI=1S/C10H12FNO/c1-13-10-4-5-12-9-3-2-7(11)6-8(9)10/h2-3,6,10,12H,4-5H2,1H3. The Hall–Kier alpha value is -1.09. The second kappa shape index (κ2) is 3.34. The minimum atomic E-state index is -0.204. The number of benzene rings is 1. The molecule has 2 rings (SSSR count). The summed E-state index contributed by atoms with van der Waals surface area (Å²) < 4.78 is 18.2. The van der Waals surface area contributed by atoms with Gasteiger partial charge in [-0.25, -0.2) is 4.39 Å². The van der Waals surface area contributed by atoms with E-state index in [4.69, 9.17) is 4.74 Å². The maximum Gasteiger partial charge on any atom is 0.123 e. The first-order valence-corrected chi connectivity index (χ1v) is 4.37. The Morgan fingerprint density at radius 1 is 1.54 bits per heavy atom. The Morgan fingerprint density at radius 3 is 3.15 bits per heavy atom. The van der Waals surface area contributed by atoms with E-state index in [1.165, 1.54) is 12.1 Å². The average Bonchev–Trinajstić information content (AvgIpc) is 2.17. The van der Waals surface area contributed by atoms with Crippen molar-refractivity contribution < 1.29 is 9.13 Å². The lowest BCUT2D eigenvalue weighted by Crippen LogP contribution is -2.17. The van der Waals surface area contributed by atoms with E-state index in [1.54, 1.807) is 13.2 Å². The summed E-state index contributed by atoms with van der Waals surface area (Å²) >= 11 is 0. The maximum absolute atomic E-state index is 12.9. The predicted octanol–water partition coefficient (Wildman–Crippen LogP) is 2.33. The van der Waals surface area contributed by atoms with Crippen molar-refractivity contribution in [1.82, 2.24) is 0 Å². The van der Waals surface area contributed by atoms with Gasteiger partial charge in [-0.2, -0.15) is 0 Å². The van der Waals surface area contributed by atoms with E-state index >= 15 is 0 Å². The summed E-state index contributed by atoms with van der Waals surface area (Å²) in [5.74, 6) is -0.204. The highest BCUT2D eigenvalue weighted by atomic mass is 19.1. The topological polar surface area (TPSA) is 21.3 Å². The number of halogens is 1. The Morgan fingerprint density at radius 2 is 2.38 bits per heavy atom. The SMILES string of the molecule is COC1CCNc2ccc(F)cc21. The van der Waals surface area contributed by atoms with Gasteiger partial charge in [0.2, 0.25) is 0 Å². The highest BCUT2D eigenvalue weighted by Gasteiger charge is 2.19. The molecule has 13 heavy (non-hydrogen) atoms. The van der Waals surface area contributed by atoms with Crippen molar-refractivity contribution in [3.8, 4) is 0 Å². The second-order valence-electron chi connectivity index (χ2n) is 3.17. The van der Waals surface area contributed by atoms with Gasteiger partial charge < -0.3 is 10.1 Å². The molecule has 0 bridgehead atoms. The van der Waals surface area contributed by atoms with E-state index < -0.39 is 0 Å². The minimum Gasteiger partial charge on any atom is -0.385 e. The lowest BCUT2D eigenvalue weighted by Gasteiger charge is -2.25. The Balaban J connectivity index is 2.41. The molecule has 1 atom stereocenters. The van der Waals surface area contributed by atoms with Crippen LogP contribution in [0.25, 0.3) is 0 Å². The number of hydrogen-bond donors (Lipinski definition) is 1. The number of nitrogens with one attached hydrogen (secondary N) is 1. The molecule has 0 amide bonds. The zero-order valence-electron chi connectivity index (χ0n) is 7.51. The van der Waals surface area contributed by atoms with Crippen LogP contribution in [0.3, 0.4) is 0 Å². The molecule has 1 unspecified atom stereocenters. The second-order valence-corrected chi connectivity index (χ2v) is 3.17. The minimum absolute atomic E-state index is 0.0342. The average molecular weight is 181 g/mol. The van der Waals surface area contributed by atoms with Crippen molar-refractivity contribution in [3.63, 3.8) is 0 Å². The summed E-state index contributed by atoms with van der Waals surface area (Å²) in [5, 5.41) is 3.21. The molecule has 0 aliphatic carbocycles. The third kappa shape index (κ3) is 1.52. The van der Waals surface area contributed by atoms with E-state index in [0.29, 0.717) is 0 Å². The Bertz CT molecular complexity index is 314. The summed E-state index contributed by atoms with van der Waals surface area (Å²) in [6, 6.07) is 4.76. The smallest absolute Gasteiger partial charge is 0.123 e. The van der Waals surface area contributed by atoms with Crippen molar-refractivity contribution >= 4 is 5.69 Å². The molecule has 0 fully saturated rings. The number of anilines is 1. The van der Waals surface area contributed by atoms with E-state index in [0.717, 1.165) is 24.2 Å². The Labute approximate surface area is 76.7 Å². The van der Waals surface area contributed by atoms with Crippen LogP contribution in [0.4, 0.5) is 10.1 Å². The van der Waals surface area contributed by atoms with Crippen LogP contribution < -0.4 is 5.32 Å². The molecule has 1 aliphatic rings. The largest absolute Gasteiger partial charge is 0.385 e. The van der Waals surface area contributed by atoms with Crippen molar-refractivity contribution in [2.45, 2.75) is 12.5 Å². The number of methoxy groups -OCH3 is 1. The zero-order chi connectivity index (χ0) is 9.26. The quantitative estimate of drug-likeness (QED) is 0.718. The molecule has 0 spiro atoms. The number of rotatable bonds is 1. The maximum atomic E-state index is 12.9. The zero-order valence-corrected chi connectivity index (χ0v) is 7.51. The van der Waals surface area contributed by atoms with Crippen LogP contribution in [-0.2, 0) is 4.74 Å². The van der Waals surface area contributed by atoms with Gasteiger partial charge in [0.05, 0.1) is 6.10 Å². The van der Waals surface area contributed by atoms with Crippen LogP contribution in [0.2, 0.25) is 0 Å². The van der Waals surface area contributed by atoms with E-state index in [9.17, 15) is 4.39 Å². The highest BCUT2D eigenvalue weighted by molar-refractivity contribution is 5.54. The van der Waals surface area contributed by atoms with Crippen molar-refractivity contribution in [2.24, 2.45) is 0 Å². The molecular weight excluding hydrogens is 169 g/mol. The summed E-state index contributed by atoms with van der Waals surface area (Å²) in [6.45, 7) is 0.886. The normalized spacial score (nSPS) is 20.6. The third-order valence-electron chi connectivity index (χ3n) is 2.37. The molecule has 70 valence electrons. The van der Waals surface area contributed by atoms with Gasteiger partial charge in [0.1, 0.15) is 5.82 Å². The van der Waals surface area contributed by atoms with Crippen LogP contribution in [0.15, 0.2) is 18.2 Å². The first-order chi connectivity index (χ1) is 6.31. The van der Waals surface area contributed by atoms with Gasteiger partial charge in [-0.15, -0.1) is 0 Å². The molecule has 0 saturated carbocycles. The molecule has 0 saturated heterocycles. The molecule has 2 nitrogen and oxygen atoms in total. The van der Waals surface area contributed by atoms with Gasteiger partial charge >= 0.3 is 0 Å². The van der Waals surface area contributed by atoms with E-state index in [2.05, 4.69) is 5.32 Å². The highest BCUT2D eigenvalue weighted by Crippen LogP contribution is 2.32. The molecule has 1 heterocycles. The van der Waals surface area contributed by atoms with Gasteiger partial charge in [-0.05, 0) is 24.6 Å². The van der Waals surface area contributed by atoms with E-state index in [1.807, 2.05) is 0 Å². The number of hydrogen-bond acceptors (Lipinski definition) is 2. The molecule has 0 aromatic heterocycles. The van der Waals surface area contributed by atoms with Gasteiger partial charge in [-0.1, -0.05) is 0 Å². The third-order valence-corrected chi connectivity index (χ3v) is 2.37. The van der Waals surface area contributed by atoms with Gasteiger partial charge in [0.25, 0.3) is 0 Å². The van der Waals surface area contributed by atoms with Crippen LogP contribution in [0.1, 0.15) is 18.1 Å². The first-order valence-electron chi connectivity index (χ1n) is 4.37. The monoisotopic (exact) mass is 181 g/mol. The van der Waals surface area contributed by atoms with E-state index in [-0.39, 0.29) is 11.9 Å². The molecule has 3 heteroatoms. The lowest BCUT2D eigenvalue weighted by atomic mass is 10.0. The first kappa shape index (κ1) is 8.51. The van der Waals surface area contributed by atoms with Crippen LogP contribution in [-0.4, -0.2) is 13.7 Å². The summed E-state index contributed by atoms with van der Waals surface area (Å²) in [5.41, 5.74) is 1.91. The Kier molecular flexibility index (Phi) is 2.19. The molecule has 1 N–H and O–H groups in total. The fourth-order valence-electron chi connectivity index (χ4n) is 1.70. The van der Waals surface area contributed by atoms with Crippen LogP contribution >= 0.6 is 0 Å². The molecule has 0 radical (unpaired) electrons. The fourth-order valence-corrected chi connectivity index (χ4v) is 1.70. The summed E-state index contributed by atoms with van der Waals surface area (Å²) in [6.07, 6.45) is 0.930. The lowest BCUT2D eigenvalue weighted by molar-refractivity contribution is 0.0962. The summed E-state index contributed by atoms with van der Waals surface area (Å²) in [7, 11) is 1.66. The molecular formula is C10H12FNO. The molecule has 1 aromatic rings. The van der Waals surface area contributed by atoms with Crippen molar-refractivity contribution in [3.05, 3.63) is 29.6 Å². The molecule has 1 aromatic carbocycles. The van der Waals surface area contributed by atoms with Gasteiger partial charge in [-0.3, -0.25) is 0 Å². The van der Waals surface area contributed by atoms with Crippen molar-refractivity contribution in [1.29, 1.82) is 0 Å². The predicted molar refractivity (Wildman–Crippen MR) is 49.3 cm³/mol. The van der Waals surface area contributed by atoms with Crippen LogP contribution in [0.5, 0.6) is 0 Å².